The standard InChI is InChI=1S/C14H21N5O/c1-12-4-3-5-13(10-12)6-8-19-14(16-17-18-19)11-15-7-9-20-2/h3-5,10,15H,6-9,11H2,1-2H3. The fourth-order valence-corrected chi connectivity index (χ4v) is 2.00. The van der Waals surface area contributed by atoms with Crippen molar-refractivity contribution in [3.8, 4) is 0 Å². The minimum atomic E-state index is 0.657. The lowest BCUT2D eigenvalue weighted by atomic mass is 10.1. The van der Waals surface area contributed by atoms with Crippen LogP contribution in [-0.4, -0.2) is 40.5 Å². The Morgan fingerprint density at radius 2 is 2.25 bits per heavy atom. The highest BCUT2D eigenvalue weighted by Crippen LogP contribution is 2.06. The van der Waals surface area contributed by atoms with Crippen LogP contribution in [0.4, 0.5) is 0 Å². The fraction of sp³-hybridized carbons (Fsp3) is 0.500. The number of hydrogen-bond acceptors (Lipinski definition) is 5. The minimum Gasteiger partial charge on any atom is -0.383 e. The van der Waals surface area contributed by atoms with Crippen LogP contribution in [0.25, 0.3) is 0 Å². The lowest BCUT2D eigenvalue weighted by molar-refractivity contribution is 0.198. The fourth-order valence-electron chi connectivity index (χ4n) is 2.00. The average molecular weight is 275 g/mol. The first kappa shape index (κ1) is 14.6. The van der Waals surface area contributed by atoms with E-state index in [1.165, 1.54) is 11.1 Å². The summed E-state index contributed by atoms with van der Waals surface area (Å²) in [6.45, 7) is 5.03. The molecular formula is C14H21N5O. The van der Waals surface area contributed by atoms with E-state index in [4.69, 9.17) is 4.74 Å². The lowest BCUT2D eigenvalue weighted by Gasteiger charge is -2.06. The van der Waals surface area contributed by atoms with Crippen molar-refractivity contribution in [3.63, 3.8) is 0 Å². The highest BCUT2D eigenvalue weighted by Gasteiger charge is 2.05. The van der Waals surface area contributed by atoms with Gasteiger partial charge in [0, 0.05) is 20.2 Å². The summed E-state index contributed by atoms with van der Waals surface area (Å²) >= 11 is 0. The molecule has 20 heavy (non-hydrogen) atoms. The molecule has 0 saturated carbocycles. The smallest absolute Gasteiger partial charge is 0.165 e. The molecule has 0 aliphatic carbocycles. The molecule has 108 valence electrons. The van der Waals surface area contributed by atoms with Gasteiger partial charge >= 0.3 is 0 Å². The van der Waals surface area contributed by atoms with E-state index < -0.39 is 0 Å². The van der Waals surface area contributed by atoms with Gasteiger partial charge in [-0.1, -0.05) is 29.8 Å². The first-order valence-corrected chi connectivity index (χ1v) is 6.80. The van der Waals surface area contributed by atoms with Gasteiger partial charge in [0.2, 0.25) is 0 Å². The molecule has 0 saturated heterocycles. The van der Waals surface area contributed by atoms with Crippen LogP contribution in [0.5, 0.6) is 0 Å². The van der Waals surface area contributed by atoms with Gasteiger partial charge in [-0.2, -0.15) is 0 Å². The molecular weight excluding hydrogens is 254 g/mol. The molecule has 0 bridgehead atoms. The van der Waals surface area contributed by atoms with Gasteiger partial charge in [0.15, 0.2) is 5.82 Å². The third-order valence-electron chi connectivity index (χ3n) is 3.07. The summed E-state index contributed by atoms with van der Waals surface area (Å²) in [4.78, 5) is 0. The molecule has 6 heteroatoms. The highest BCUT2D eigenvalue weighted by atomic mass is 16.5. The largest absolute Gasteiger partial charge is 0.383 e. The SMILES string of the molecule is COCCNCc1nnnn1CCc1cccc(C)c1. The molecule has 1 heterocycles. The number of hydrogen-bond donors (Lipinski definition) is 1. The Kier molecular flexibility index (Phi) is 5.64. The van der Waals surface area contributed by atoms with E-state index in [1.807, 2.05) is 4.68 Å². The number of benzene rings is 1. The van der Waals surface area contributed by atoms with E-state index in [1.54, 1.807) is 7.11 Å². The Hall–Kier alpha value is -1.79. The summed E-state index contributed by atoms with van der Waals surface area (Å²) in [5.74, 6) is 0.855. The molecule has 0 spiro atoms. The second-order valence-electron chi connectivity index (χ2n) is 4.73. The quantitative estimate of drug-likeness (QED) is 0.727. The predicted octanol–water partition coefficient (Wildman–Crippen LogP) is 0.960. The van der Waals surface area contributed by atoms with E-state index in [0.29, 0.717) is 13.2 Å². The van der Waals surface area contributed by atoms with Crippen LogP contribution in [0.2, 0.25) is 0 Å². The Morgan fingerprint density at radius 1 is 1.35 bits per heavy atom. The van der Waals surface area contributed by atoms with Gasteiger partial charge in [-0.15, -0.1) is 5.10 Å². The first-order valence-electron chi connectivity index (χ1n) is 6.80. The van der Waals surface area contributed by atoms with Crippen LogP contribution in [0.3, 0.4) is 0 Å². The van der Waals surface area contributed by atoms with Gasteiger partial charge in [-0.05, 0) is 29.3 Å². The van der Waals surface area contributed by atoms with Crippen molar-refractivity contribution >= 4 is 0 Å². The summed E-state index contributed by atoms with van der Waals surface area (Å²) in [6, 6.07) is 8.51. The number of ether oxygens (including phenoxy) is 1. The van der Waals surface area contributed by atoms with Gasteiger partial charge < -0.3 is 10.1 Å². The summed E-state index contributed by atoms with van der Waals surface area (Å²) in [5.41, 5.74) is 2.58. The van der Waals surface area contributed by atoms with Crippen LogP contribution in [0, 0.1) is 6.92 Å². The first-order chi connectivity index (χ1) is 9.79. The number of methoxy groups -OCH3 is 1. The molecule has 1 N–H and O–H groups in total. The zero-order chi connectivity index (χ0) is 14.2. The molecule has 1 aromatic heterocycles. The molecule has 0 fully saturated rings. The van der Waals surface area contributed by atoms with Gasteiger partial charge in [0.05, 0.1) is 13.2 Å². The molecule has 0 aliphatic rings. The minimum absolute atomic E-state index is 0.657. The van der Waals surface area contributed by atoms with Crippen molar-refractivity contribution in [2.75, 3.05) is 20.3 Å². The van der Waals surface area contributed by atoms with Crippen molar-refractivity contribution in [1.29, 1.82) is 0 Å². The van der Waals surface area contributed by atoms with Gasteiger partial charge in [0.25, 0.3) is 0 Å². The van der Waals surface area contributed by atoms with Gasteiger partial charge in [0.1, 0.15) is 0 Å². The van der Waals surface area contributed by atoms with E-state index in [0.717, 1.165) is 25.3 Å². The third kappa shape index (κ3) is 4.40. The summed E-state index contributed by atoms with van der Waals surface area (Å²) < 4.78 is 6.84. The number of nitrogens with one attached hydrogen (secondary N) is 1. The topological polar surface area (TPSA) is 64.9 Å². The Labute approximate surface area is 119 Å². The second-order valence-corrected chi connectivity index (χ2v) is 4.73. The third-order valence-corrected chi connectivity index (χ3v) is 3.07. The summed E-state index contributed by atoms with van der Waals surface area (Å²) in [7, 11) is 1.69. The van der Waals surface area contributed by atoms with Crippen LogP contribution < -0.4 is 5.32 Å². The molecule has 0 unspecified atom stereocenters. The molecule has 2 rings (SSSR count). The molecule has 0 aliphatic heterocycles. The van der Waals surface area contributed by atoms with Crippen LogP contribution in [0.1, 0.15) is 17.0 Å². The van der Waals surface area contributed by atoms with Crippen molar-refractivity contribution < 1.29 is 4.74 Å². The molecule has 1 aromatic carbocycles. The van der Waals surface area contributed by atoms with Crippen LogP contribution in [0.15, 0.2) is 24.3 Å². The van der Waals surface area contributed by atoms with E-state index in [2.05, 4.69) is 52.0 Å². The zero-order valence-electron chi connectivity index (χ0n) is 12.0. The maximum atomic E-state index is 4.99. The summed E-state index contributed by atoms with van der Waals surface area (Å²) in [5, 5.41) is 15.1. The molecule has 2 aromatic rings. The average Bonchev–Trinajstić information content (AvgIpc) is 2.89. The summed E-state index contributed by atoms with van der Waals surface area (Å²) in [6.07, 6.45) is 0.928. The predicted molar refractivity (Wildman–Crippen MR) is 76.3 cm³/mol. The molecule has 0 amide bonds. The Balaban J connectivity index is 1.85. The van der Waals surface area contributed by atoms with Crippen LogP contribution in [-0.2, 0) is 24.2 Å². The van der Waals surface area contributed by atoms with Crippen molar-refractivity contribution in [2.45, 2.75) is 26.4 Å². The maximum absolute atomic E-state index is 4.99. The Bertz CT molecular complexity index is 526. The van der Waals surface area contributed by atoms with E-state index >= 15 is 0 Å². The molecule has 6 nitrogen and oxygen atoms in total. The highest BCUT2D eigenvalue weighted by molar-refractivity contribution is 5.22. The maximum Gasteiger partial charge on any atom is 0.165 e. The molecule has 0 atom stereocenters. The van der Waals surface area contributed by atoms with Crippen molar-refractivity contribution in [1.82, 2.24) is 25.5 Å². The number of rotatable bonds is 8. The van der Waals surface area contributed by atoms with Gasteiger partial charge in [-0.3, -0.25) is 0 Å². The van der Waals surface area contributed by atoms with E-state index in [9.17, 15) is 0 Å². The number of nitrogens with zero attached hydrogens (tertiary/aromatic N) is 4. The van der Waals surface area contributed by atoms with Crippen molar-refractivity contribution in [3.05, 3.63) is 41.2 Å². The Morgan fingerprint density at radius 3 is 3.05 bits per heavy atom. The molecule has 0 radical (unpaired) electrons. The lowest BCUT2D eigenvalue weighted by Crippen LogP contribution is -2.21. The number of aromatic nitrogens is 4. The zero-order valence-corrected chi connectivity index (χ0v) is 12.0. The van der Waals surface area contributed by atoms with E-state index in [-0.39, 0.29) is 0 Å². The normalized spacial score (nSPS) is 10.9. The van der Waals surface area contributed by atoms with Crippen molar-refractivity contribution in [2.24, 2.45) is 0 Å². The second kappa shape index (κ2) is 7.72. The number of tetrazole rings is 1. The van der Waals surface area contributed by atoms with Crippen LogP contribution >= 0.6 is 0 Å². The monoisotopic (exact) mass is 275 g/mol. The number of aryl methyl sites for hydroxylation is 3. The van der Waals surface area contributed by atoms with Gasteiger partial charge in [-0.25, -0.2) is 4.68 Å².